The van der Waals surface area contributed by atoms with E-state index in [4.69, 9.17) is 5.10 Å². The molecule has 1 aliphatic rings. The van der Waals surface area contributed by atoms with Crippen molar-refractivity contribution in [2.24, 2.45) is 5.92 Å². The molecule has 3 heterocycles. The molecular weight excluding hydrogens is 498 g/mol. The van der Waals surface area contributed by atoms with E-state index in [-0.39, 0.29) is 17.4 Å². The zero-order valence-corrected chi connectivity index (χ0v) is 24.0. The number of piperazine rings is 1. The van der Waals surface area contributed by atoms with Gasteiger partial charge in [-0.3, -0.25) is 14.2 Å². The van der Waals surface area contributed by atoms with Crippen LogP contribution in [-0.2, 0) is 19.3 Å². The van der Waals surface area contributed by atoms with Crippen LogP contribution in [0.15, 0.2) is 71.7 Å². The van der Waals surface area contributed by atoms with Crippen LogP contribution in [0, 0.1) is 5.92 Å². The minimum Gasteiger partial charge on any atom is -0.336 e. The van der Waals surface area contributed by atoms with Gasteiger partial charge in [0.15, 0.2) is 0 Å². The number of pyridine rings is 1. The van der Waals surface area contributed by atoms with Gasteiger partial charge in [-0.25, -0.2) is 4.68 Å². The predicted molar refractivity (Wildman–Crippen MR) is 161 cm³/mol. The van der Waals surface area contributed by atoms with Crippen molar-refractivity contribution >= 4 is 5.91 Å². The number of carbonyl (C=O) groups is 1. The van der Waals surface area contributed by atoms with Crippen LogP contribution in [0.2, 0.25) is 0 Å². The molecule has 4 aromatic rings. The quantitative estimate of drug-likeness (QED) is 0.341. The van der Waals surface area contributed by atoms with Gasteiger partial charge in [-0.05, 0) is 60.6 Å². The molecule has 0 atom stereocenters. The fraction of sp³-hybridized carbons (Fsp3) is 0.364. The molecule has 40 heavy (non-hydrogen) atoms. The van der Waals surface area contributed by atoms with Gasteiger partial charge in [0.2, 0.25) is 0 Å². The Labute approximate surface area is 236 Å². The zero-order chi connectivity index (χ0) is 28.2. The number of aromatic nitrogens is 3. The molecule has 0 bridgehead atoms. The molecule has 2 aromatic carbocycles. The first kappa shape index (κ1) is 27.6. The minimum absolute atomic E-state index is 0.0262. The van der Waals surface area contributed by atoms with Crippen molar-refractivity contribution in [2.45, 2.75) is 47.0 Å². The summed E-state index contributed by atoms with van der Waals surface area (Å²) in [5.41, 5.74) is 6.24. The number of para-hydroxylation sites is 2. The molecule has 0 spiro atoms. The molecule has 208 valence electrons. The van der Waals surface area contributed by atoms with E-state index >= 15 is 0 Å². The third-order valence-electron chi connectivity index (χ3n) is 7.61. The lowest BCUT2D eigenvalue weighted by Gasteiger charge is -2.30. The van der Waals surface area contributed by atoms with Gasteiger partial charge in [0.1, 0.15) is 0 Å². The Kier molecular flexibility index (Phi) is 8.31. The fourth-order valence-electron chi connectivity index (χ4n) is 5.58. The van der Waals surface area contributed by atoms with Gasteiger partial charge < -0.3 is 10.2 Å². The summed E-state index contributed by atoms with van der Waals surface area (Å²) in [5, 5.41) is 8.14. The Morgan fingerprint density at radius 1 is 0.950 bits per heavy atom. The Morgan fingerprint density at radius 3 is 2.25 bits per heavy atom. The van der Waals surface area contributed by atoms with Crippen LogP contribution < -0.4 is 10.9 Å². The van der Waals surface area contributed by atoms with Crippen molar-refractivity contribution in [3.63, 3.8) is 0 Å². The highest BCUT2D eigenvalue weighted by Crippen LogP contribution is 2.28. The average Bonchev–Trinajstić information content (AvgIpc) is 3.47. The number of aryl methyl sites for hydroxylation is 2. The molecule has 1 amide bonds. The molecule has 7 heteroatoms. The van der Waals surface area contributed by atoms with Crippen molar-refractivity contribution in [2.75, 3.05) is 26.2 Å². The van der Waals surface area contributed by atoms with E-state index < -0.39 is 0 Å². The second-order valence-electron chi connectivity index (χ2n) is 10.8. The first-order valence-electron chi connectivity index (χ1n) is 14.4. The van der Waals surface area contributed by atoms with Crippen molar-refractivity contribution < 1.29 is 4.79 Å². The normalized spacial score (nSPS) is 13.7. The summed E-state index contributed by atoms with van der Waals surface area (Å²) in [6, 6.07) is 19.8. The molecule has 5 rings (SSSR count). The molecule has 0 saturated carbocycles. The summed E-state index contributed by atoms with van der Waals surface area (Å²) in [4.78, 5) is 30.7. The maximum Gasteiger partial charge on any atom is 0.264 e. The second kappa shape index (κ2) is 12.0. The van der Waals surface area contributed by atoms with Crippen LogP contribution in [0.5, 0.6) is 0 Å². The SMILES string of the molecule is CCc1cccc(CC)c1-n1c(CC(C)C)c(C(=O)N2CCNCC2)cc(-c2ccn(-c3ccccc3)n2)c1=O. The van der Waals surface area contributed by atoms with Crippen LogP contribution in [0.3, 0.4) is 0 Å². The number of hydrogen-bond donors (Lipinski definition) is 1. The topological polar surface area (TPSA) is 72.2 Å². The molecule has 7 nitrogen and oxygen atoms in total. The highest BCUT2D eigenvalue weighted by Gasteiger charge is 2.28. The highest BCUT2D eigenvalue weighted by molar-refractivity contribution is 5.97. The maximum atomic E-state index is 14.6. The van der Waals surface area contributed by atoms with Crippen molar-refractivity contribution in [1.82, 2.24) is 24.6 Å². The first-order valence-corrected chi connectivity index (χ1v) is 14.4. The molecule has 1 fully saturated rings. The summed E-state index contributed by atoms with van der Waals surface area (Å²) in [7, 11) is 0. The van der Waals surface area contributed by atoms with Crippen LogP contribution in [0.1, 0.15) is 54.9 Å². The fourth-order valence-corrected chi connectivity index (χ4v) is 5.58. The third-order valence-corrected chi connectivity index (χ3v) is 7.61. The lowest BCUT2D eigenvalue weighted by atomic mass is 9.96. The Balaban J connectivity index is 1.81. The zero-order valence-electron chi connectivity index (χ0n) is 24.0. The number of hydrogen-bond acceptors (Lipinski definition) is 4. The summed E-state index contributed by atoms with van der Waals surface area (Å²) < 4.78 is 3.63. The smallest absolute Gasteiger partial charge is 0.264 e. The number of carbonyl (C=O) groups excluding carboxylic acids is 1. The van der Waals surface area contributed by atoms with Crippen LogP contribution in [0.25, 0.3) is 22.6 Å². The third kappa shape index (κ3) is 5.39. The van der Waals surface area contributed by atoms with Gasteiger partial charge in [-0.1, -0.05) is 64.1 Å². The Hall–Kier alpha value is -3.97. The molecule has 1 saturated heterocycles. The number of rotatable bonds is 8. The molecule has 2 aromatic heterocycles. The summed E-state index contributed by atoms with van der Waals surface area (Å²) >= 11 is 0. The molecule has 1 N–H and O–H groups in total. The van der Waals surface area contributed by atoms with Gasteiger partial charge in [-0.2, -0.15) is 5.10 Å². The van der Waals surface area contributed by atoms with Crippen LogP contribution in [0.4, 0.5) is 0 Å². The Morgan fingerprint density at radius 2 is 1.62 bits per heavy atom. The molecule has 1 aliphatic heterocycles. The summed E-state index contributed by atoms with van der Waals surface area (Å²) in [6.45, 7) is 11.3. The lowest BCUT2D eigenvalue weighted by molar-refractivity contribution is 0.0733. The summed E-state index contributed by atoms with van der Waals surface area (Å²) in [5.74, 6) is 0.226. The van der Waals surface area contributed by atoms with E-state index in [9.17, 15) is 9.59 Å². The van der Waals surface area contributed by atoms with E-state index in [2.05, 4.69) is 51.2 Å². The van der Waals surface area contributed by atoms with Gasteiger partial charge in [0.05, 0.1) is 28.2 Å². The molecule has 0 radical (unpaired) electrons. The predicted octanol–water partition coefficient (Wildman–Crippen LogP) is 5.06. The standard InChI is InChI=1S/C33H39N5O2/c1-5-24-11-10-12-25(6-2)31(24)38-30(21-23(3)4)28(32(39)36-19-16-34-17-20-36)22-27(33(38)40)29-15-18-37(35-29)26-13-8-7-9-14-26/h7-15,18,22-23,34H,5-6,16-17,19-21H2,1-4H3. The summed E-state index contributed by atoms with van der Waals surface area (Å²) in [6.07, 6.45) is 4.05. The molecular formula is C33H39N5O2. The Bertz CT molecular complexity index is 1520. The average molecular weight is 538 g/mol. The van der Waals surface area contributed by atoms with Crippen molar-refractivity contribution in [3.05, 3.63) is 99.6 Å². The van der Waals surface area contributed by atoms with E-state index in [0.717, 1.165) is 54.1 Å². The van der Waals surface area contributed by atoms with Gasteiger partial charge in [0, 0.05) is 38.1 Å². The monoisotopic (exact) mass is 537 g/mol. The number of amides is 1. The highest BCUT2D eigenvalue weighted by atomic mass is 16.2. The number of nitrogens with zero attached hydrogens (tertiary/aromatic N) is 4. The number of benzene rings is 2. The largest absolute Gasteiger partial charge is 0.336 e. The van der Waals surface area contributed by atoms with Gasteiger partial charge in [0.25, 0.3) is 11.5 Å². The van der Waals surface area contributed by atoms with E-state index in [1.165, 1.54) is 0 Å². The van der Waals surface area contributed by atoms with Gasteiger partial charge in [-0.15, -0.1) is 0 Å². The second-order valence-corrected chi connectivity index (χ2v) is 10.8. The van der Waals surface area contributed by atoms with Crippen LogP contribution in [-0.4, -0.2) is 51.3 Å². The van der Waals surface area contributed by atoms with Crippen molar-refractivity contribution in [1.29, 1.82) is 0 Å². The van der Waals surface area contributed by atoms with E-state index in [1.54, 1.807) is 10.7 Å². The first-order chi connectivity index (χ1) is 19.4. The lowest BCUT2D eigenvalue weighted by Crippen LogP contribution is -2.47. The van der Waals surface area contributed by atoms with Gasteiger partial charge >= 0.3 is 0 Å². The van der Waals surface area contributed by atoms with E-state index in [1.807, 2.05) is 52.1 Å². The maximum absolute atomic E-state index is 14.6. The minimum atomic E-state index is -0.138. The number of nitrogens with one attached hydrogen (secondary N) is 1. The van der Waals surface area contributed by atoms with Crippen LogP contribution >= 0.6 is 0 Å². The van der Waals surface area contributed by atoms with E-state index in [0.29, 0.717) is 36.3 Å². The van der Waals surface area contributed by atoms with Crippen molar-refractivity contribution in [3.8, 4) is 22.6 Å². The molecule has 0 unspecified atom stereocenters. The molecule has 0 aliphatic carbocycles.